The van der Waals surface area contributed by atoms with Crippen LogP contribution in [0, 0.1) is 0 Å². The first kappa shape index (κ1) is 13.5. The third-order valence-corrected chi connectivity index (χ3v) is 4.01. The predicted octanol–water partition coefficient (Wildman–Crippen LogP) is 2.42. The highest BCUT2D eigenvalue weighted by atomic mass is 16.4. The van der Waals surface area contributed by atoms with Crippen LogP contribution < -0.4 is 0 Å². The number of fused-ring (bicyclic) bond motifs is 2. The summed E-state index contributed by atoms with van der Waals surface area (Å²) in [4.78, 5) is 32.9. The van der Waals surface area contributed by atoms with Gasteiger partial charge in [0.25, 0.3) is 5.91 Å². The molecule has 114 valence electrons. The zero-order valence-electron chi connectivity index (χ0n) is 12.1. The number of carboxylic acid groups (broad SMARTS) is 1. The Morgan fingerprint density at radius 1 is 1.26 bits per heavy atom. The van der Waals surface area contributed by atoms with Gasteiger partial charge in [-0.2, -0.15) is 0 Å². The number of hydrogen-bond donors (Lipinski definition) is 2. The van der Waals surface area contributed by atoms with Crippen LogP contribution in [0.4, 0.5) is 0 Å². The van der Waals surface area contributed by atoms with Crippen molar-refractivity contribution in [2.45, 2.75) is 13.1 Å². The third-order valence-electron chi connectivity index (χ3n) is 4.01. The lowest BCUT2D eigenvalue weighted by Gasteiger charge is -2.13. The number of carboxylic acids is 1. The minimum Gasteiger partial charge on any atom is -0.478 e. The number of benzene rings is 2. The third kappa shape index (κ3) is 2.24. The first-order valence-electron chi connectivity index (χ1n) is 7.21. The quantitative estimate of drug-likeness (QED) is 0.778. The Labute approximate surface area is 131 Å². The van der Waals surface area contributed by atoms with Crippen molar-refractivity contribution >= 4 is 22.9 Å². The Balaban J connectivity index is 1.61. The Kier molecular flexibility index (Phi) is 2.90. The molecule has 23 heavy (non-hydrogen) atoms. The molecule has 2 aromatic carbocycles. The van der Waals surface area contributed by atoms with Crippen LogP contribution >= 0.6 is 0 Å². The fourth-order valence-corrected chi connectivity index (χ4v) is 2.88. The lowest BCUT2D eigenvalue weighted by Crippen LogP contribution is -2.23. The monoisotopic (exact) mass is 307 g/mol. The molecule has 0 bridgehead atoms. The summed E-state index contributed by atoms with van der Waals surface area (Å²) in [5.41, 5.74) is 3.22. The lowest BCUT2D eigenvalue weighted by molar-refractivity contribution is 0.0697. The van der Waals surface area contributed by atoms with Crippen molar-refractivity contribution in [3.8, 4) is 0 Å². The van der Waals surface area contributed by atoms with Gasteiger partial charge in [-0.1, -0.05) is 18.2 Å². The van der Waals surface area contributed by atoms with Gasteiger partial charge in [-0.15, -0.1) is 0 Å². The SMILES string of the molecule is O=C(O)c1ccc2c(c1)C(=O)N(Cc1nc3ccccc3[nH]1)C2. The van der Waals surface area contributed by atoms with Crippen LogP contribution in [0.25, 0.3) is 11.0 Å². The molecule has 1 aliphatic heterocycles. The van der Waals surface area contributed by atoms with E-state index in [1.54, 1.807) is 11.0 Å². The van der Waals surface area contributed by atoms with Gasteiger partial charge in [-0.3, -0.25) is 4.79 Å². The van der Waals surface area contributed by atoms with Gasteiger partial charge in [-0.25, -0.2) is 9.78 Å². The summed E-state index contributed by atoms with van der Waals surface area (Å²) in [6, 6.07) is 12.4. The van der Waals surface area contributed by atoms with Crippen LogP contribution in [0.1, 0.15) is 32.1 Å². The van der Waals surface area contributed by atoms with E-state index in [1.807, 2.05) is 24.3 Å². The van der Waals surface area contributed by atoms with Crippen LogP contribution in [0.15, 0.2) is 42.5 Å². The van der Waals surface area contributed by atoms with Crippen LogP contribution in [0.2, 0.25) is 0 Å². The molecule has 0 saturated carbocycles. The first-order chi connectivity index (χ1) is 11.1. The topological polar surface area (TPSA) is 86.3 Å². The van der Waals surface area contributed by atoms with E-state index >= 15 is 0 Å². The molecule has 1 amide bonds. The molecule has 0 aliphatic carbocycles. The maximum atomic E-state index is 12.5. The predicted molar refractivity (Wildman–Crippen MR) is 83.1 cm³/mol. The molecule has 1 aliphatic rings. The zero-order valence-corrected chi connectivity index (χ0v) is 12.1. The molecule has 0 unspecified atom stereocenters. The highest BCUT2D eigenvalue weighted by Crippen LogP contribution is 2.25. The molecule has 2 heterocycles. The molecule has 4 rings (SSSR count). The normalized spacial score (nSPS) is 13.6. The molecule has 3 aromatic rings. The van der Waals surface area contributed by atoms with E-state index < -0.39 is 5.97 Å². The maximum absolute atomic E-state index is 12.5. The number of imidazole rings is 1. The van der Waals surface area contributed by atoms with Gasteiger partial charge < -0.3 is 15.0 Å². The average Bonchev–Trinajstić information content (AvgIpc) is 3.08. The minimum atomic E-state index is -1.03. The second-order valence-corrected chi connectivity index (χ2v) is 5.54. The molecular weight excluding hydrogens is 294 g/mol. The molecule has 2 N–H and O–H groups in total. The van der Waals surface area contributed by atoms with E-state index in [0.29, 0.717) is 24.5 Å². The lowest BCUT2D eigenvalue weighted by atomic mass is 10.1. The number of hydrogen-bond acceptors (Lipinski definition) is 3. The summed E-state index contributed by atoms with van der Waals surface area (Å²) < 4.78 is 0. The second kappa shape index (κ2) is 4.95. The zero-order chi connectivity index (χ0) is 16.0. The van der Waals surface area contributed by atoms with E-state index in [0.717, 1.165) is 16.6 Å². The molecule has 0 atom stereocenters. The van der Waals surface area contributed by atoms with Gasteiger partial charge in [0.05, 0.1) is 23.1 Å². The van der Waals surface area contributed by atoms with E-state index in [-0.39, 0.29) is 11.5 Å². The Morgan fingerprint density at radius 3 is 2.87 bits per heavy atom. The van der Waals surface area contributed by atoms with Crippen molar-refractivity contribution in [1.29, 1.82) is 0 Å². The number of aromatic amines is 1. The van der Waals surface area contributed by atoms with Crippen molar-refractivity contribution in [3.05, 3.63) is 65.0 Å². The summed E-state index contributed by atoms with van der Waals surface area (Å²) in [7, 11) is 0. The number of carbonyl (C=O) groups is 2. The number of rotatable bonds is 3. The van der Waals surface area contributed by atoms with Gasteiger partial charge in [0.15, 0.2) is 0 Å². The van der Waals surface area contributed by atoms with Crippen LogP contribution in [-0.4, -0.2) is 31.9 Å². The van der Waals surface area contributed by atoms with Gasteiger partial charge in [0.1, 0.15) is 5.82 Å². The molecule has 6 heteroatoms. The molecule has 0 spiro atoms. The van der Waals surface area contributed by atoms with Crippen molar-refractivity contribution in [1.82, 2.24) is 14.9 Å². The Morgan fingerprint density at radius 2 is 2.09 bits per heavy atom. The molecule has 6 nitrogen and oxygen atoms in total. The van der Waals surface area contributed by atoms with Crippen LogP contribution in [-0.2, 0) is 13.1 Å². The number of aromatic carboxylic acids is 1. The number of nitrogens with zero attached hydrogens (tertiary/aromatic N) is 2. The molecule has 0 fully saturated rings. The maximum Gasteiger partial charge on any atom is 0.335 e. The van der Waals surface area contributed by atoms with Gasteiger partial charge in [-0.05, 0) is 29.8 Å². The van der Waals surface area contributed by atoms with E-state index in [9.17, 15) is 9.59 Å². The first-order valence-corrected chi connectivity index (χ1v) is 7.21. The fraction of sp³-hybridized carbons (Fsp3) is 0.118. The van der Waals surface area contributed by atoms with Gasteiger partial charge in [0.2, 0.25) is 0 Å². The summed E-state index contributed by atoms with van der Waals surface area (Å²) in [5, 5.41) is 9.04. The number of carbonyl (C=O) groups excluding carboxylic acids is 1. The fourth-order valence-electron chi connectivity index (χ4n) is 2.88. The number of amides is 1. The van der Waals surface area contributed by atoms with Gasteiger partial charge >= 0.3 is 5.97 Å². The van der Waals surface area contributed by atoms with Crippen molar-refractivity contribution < 1.29 is 14.7 Å². The number of H-pyrrole nitrogens is 1. The van der Waals surface area contributed by atoms with Gasteiger partial charge in [0, 0.05) is 12.1 Å². The Bertz CT molecular complexity index is 912. The van der Waals surface area contributed by atoms with E-state index in [1.165, 1.54) is 12.1 Å². The highest BCUT2D eigenvalue weighted by Gasteiger charge is 2.28. The van der Waals surface area contributed by atoms with E-state index in [4.69, 9.17) is 5.11 Å². The van der Waals surface area contributed by atoms with Crippen molar-refractivity contribution in [3.63, 3.8) is 0 Å². The summed E-state index contributed by atoms with van der Waals surface area (Å²) in [6.07, 6.45) is 0. The van der Waals surface area contributed by atoms with Crippen molar-refractivity contribution in [2.75, 3.05) is 0 Å². The number of nitrogens with one attached hydrogen (secondary N) is 1. The van der Waals surface area contributed by atoms with Crippen LogP contribution in [0.5, 0.6) is 0 Å². The van der Waals surface area contributed by atoms with Crippen molar-refractivity contribution in [2.24, 2.45) is 0 Å². The smallest absolute Gasteiger partial charge is 0.335 e. The number of para-hydroxylation sites is 2. The largest absolute Gasteiger partial charge is 0.478 e. The second-order valence-electron chi connectivity index (χ2n) is 5.54. The minimum absolute atomic E-state index is 0.127. The molecule has 0 radical (unpaired) electrons. The summed E-state index contributed by atoms with van der Waals surface area (Å²) in [5.74, 6) is -0.481. The van der Waals surface area contributed by atoms with E-state index in [2.05, 4.69) is 9.97 Å². The van der Waals surface area contributed by atoms with Crippen LogP contribution in [0.3, 0.4) is 0 Å². The summed E-state index contributed by atoms with van der Waals surface area (Å²) in [6.45, 7) is 0.829. The molecule has 0 saturated heterocycles. The molecule has 1 aromatic heterocycles. The average molecular weight is 307 g/mol. The Hall–Kier alpha value is -3.15. The molecular formula is C17H13N3O3. The summed E-state index contributed by atoms with van der Waals surface area (Å²) >= 11 is 0. The highest BCUT2D eigenvalue weighted by molar-refractivity contribution is 6.00. The standard InChI is InChI=1S/C17H13N3O3/c21-16-12-7-10(17(22)23)5-6-11(12)8-20(16)9-15-18-13-3-1-2-4-14(13)19-15/h1-7H,8-9H2,(H,18,19)(H,22,23). The number of aromatic nitrogens is 2.